The number of ether oxygens (including phenoxy) is 4. The van der Waals surface area contributed by atoms with Gasteiger partial charge in [-0.25, -0.2) is 0 Å². The van der Waals surface area contributed by atoms with Gasteiger partial charge in [0.25, 0.3) is 0 Å². The summed E-state index contributed by atoms with van der Waals surface area (Å²) in [5, 5.41) is 0. The highest BCUT2D eigenvalue weighted by Gasteiger charge is 2.96. The first-order valence-corrected chi connectivity index (χ1v) is 4.48. The van der Waals surface area contributed by atoms with Gasteiger partial charge in [-0.2, -0.15) is 35.1 Å². The Hall–Kier alpha value is -0.720. The molecule has 2 rings (SSSR count). The molecular formula is C7H4F8O4. The molecule has 4 nitrogen and oxygen atoms in total. The molecule has 1 spiro atoms. The van der Waals surface area contributed by atoms with Crippen LogP contribution in [0.15, 0.2) is 0 Å². The number of halogens is 8. The molecule has 0 saturated carbocycles. The topological polar surface area (TPSA) is 36.9 Å². The zero-order valence-corrected chi connectivity index (χ0v) is 8.57. The SMILES string of the molecule is FC1(F)OCOC(F)(F)C12C(F)(F)OCOC2(F)F. The van der Waals surface area contributed by atoms with E-state index in [9.17, 15) is 35.1 Å². The van der Waals surface area contributed by atoms with Crippen molar-refractivity contribution >= 4 is 0 Å². The summed E-state index contributed by atoms with van der Waals surface area (Å²) in [7, 11) is 0. The second-order valence-corrected chi connectivity index (χ2v) is 3.63. The number of hydrogen-bond acceptors (Lipinski definition) is 4. The third kappa shape index (κ3) is 1.53. The van der Waals surface area contributed by atoms with Crippen LogP contribution in [0.1, 0.15) is 0 Å². The van der Waals surface area contributed by atoms with Crippen LogP contribution in [0.2, 0.25) is 0 Å². The Balaban J connectivity index is 2.73. The second kappa shape index (κ2) is 3.68. The Morgan fingerprint density at radius 1 is 0.474 bits per heavy atom. The molecule has 2 saturated heterocycles. The Kier molecular flexibility index (Phi) is 2.84. The fourth-order valence-electron chi connectivity index (χ4n) is 1.80. The molecule has 112 valence electrons. The Labute approximate surface area is 98.7 Å². The third-order valence-electron chi connectivity index (χ3n) is 2.71. The minimum atomic E-state index is -5.78. The van der Waals surface area contributed by atoms with Gasteiger partial charge in [-0.1, -0.05) is 0 Å². The van der Waals surface area contributed by atoms with Crippen molar-refractivity contribution in [1.29, 1.82) is 0 Å². The molecule has 2 heterocycles. The van der Waals surface area contributed by atoms with E-state index in [4.69, 9.17) is 0 Å². The van der Waals surface area contributed by atoms with Crippen LogP contribution in [0.4, 0.5) is 35.1 Å². The van der Waals surface area contributed by atoms with E-state index < -0.39 is 43.4 Å². The maximum Gasteiger partial charge on any atom is 0.389 e. The van der Waals surface area contributed by atoms with E-state index in [1.165, 1.54) is 0 Å². The van der Waals surface area contributed by atoms with Gasteiger partial charge in [0.05, 0.1) is 0 Å². The van der Waals surface area contributed by atoms with Crippen molar-refractivity contribution in [1.82, 2.24) is 0 Å². The molecule has 2 aliphatic heterocycles. The van der Waals surface area contributed by atoms with E-state index in [1.807, 2.05) is 0 Å². The average Bonchev–Trinajstić information content (AvgIpc) is 2.10. The molecule has 12 heteroatoms. The van der Waals surface area contributed by atoms with Gasteiger partial charge < -0.3 is 0 Å². The first-order valence-electron chi connectivity index (χ1n) is 4.48. The summed E-state index contributed by atoms with van der Waals surface area (Å²) in [5.74, 6) is 0. The predicted molar refractivity (Wildman–Crippen MR) is 36.3 cm³/mol. The fraction of sp³-hybridized carbons (Fsp3) is 1.00. The maximum absolute atomic E-state index is 13.3. The molecule has 0 aliphatic carbocycles. The summed E-state index contributed by atoms with van der Waals surface area (Å²) in [4.78, 5) is 0. The molecule has 0 atom stereocenters. The van der Waals surface area contributed by atoms with Gasteiger partial charge in [-0.15, -0.1) is 0 Å². The molecule has 0 aromatic rings. The summed E-state index contributed by atoms with van der Waals surface area (Å²) < 4.78 is 119. The third-order valence-corrected chi connectivity index (χ3v) is 2.71. The standard InChI is InChI=1S/C7H4F8O4/c8-4(9)3(5(10,11)17-1-16-4)6(12,13)18-2-19-7(3,14)15/h1-2H2. The second-order valence-electron chi connectivity index (χ2n) is 3.63. The van der Waals surface area contributed by atoms with E-state index in [-0.39, 0.29) is 0 Å². The summed E-state index contributed by atoms with van der Waals surface area (Å²) in [6.07, 6.45) is -22.7. The lowest BCUT2D eigenvalue weighted by molar-refractivity contribution is -0.622. The lowest BCUT2D eigenvalue weighted by atomic mass is 9.80. The van der Waals surface area contributed by atoms with Crippen LogP contribution in [0.5, 0.6) is 0 Å². The molecule has 19 heavy (non-hydrogen) atoms. The van der Waals surface area contributed by atoms with Crippen molar-refractivity contribution in [2.24, 2.45) is 5.41 Å². The highest BCUT2D eigenvalue weighted by atomic mass is 19.3. The van der Waals surface area contributed by atoms with Gasteiger partial charge in [0.1, 0.15) is 0 Å². The van der Waals surface area contributed by atoms with E-state index in [0.29, 0.717) is 0 Å². The average molecular weight is 304 g/mol. The van der Waals surface area contributed by atoms with Crippen LogP contribution in [-0.4, -0.2) is 38.0 Å². The lowest BCUT2D eigenvalue weighted by Gasteiger charge is -2.53. The molecule has 0 unspecified atom stereocenters. The van der Waals surface area contributed by atoms with Crippen LogP contribution < -0.4 is 0 Å². The van der Waals surface area contributed by atoms with Gasteiger partial charge in [-0.05, 0) is 0 Å². The maximum atomic E-state index is 13.3. The quantitative estimate of drug-likeness (QED) is 0.644. The monoisotopic (exact) mass is 304 g/mol. The number of alkyl halides is 8. The highest BCUT2D eigenvalue weighted by molar-refractivity contribution is 5.08. The predicted octanol–water partition coefficient (Wildman–Crippen LogP) is 2.35. The van der Waals surface area contributed by atoms with Crippen LogP contribution >= 0.6 is 0 Å². The van der Waals surface area contributed by atoms with E-state index in [0.717, 1.165) is 0 Å². The van der Waals surface area contributed by atoms with Gasteiger partial charge in [0.2, 0.25) is 0 Å². The Bertz CT molecular complexity index is 312. The van der Waals surface area contributed by atoms with Crippen molar-refractivity contribution in [2.75, 3.05) is 13.6 Å². The normalized spacial score (nSPS) is 34.1. The summed E-state index contributed by atoms with van der Waals surface area (Å²) in [5.41, 5.74) is -5.78. The van der Waals surface area contributed by atoms with Crippen molar-refractivity contribution < 1.29 is 54.1 Å². The van der Waals surface area contributed by atoms with Crippen molar-refractivity contribution in [3.8, 4) is 0 Å². The van der Waals surface area contributed by atoms with Gasteiger partial charge in [-0.3, -0.25) is 18.9 Å². The molecule has 2 aliphatic rings. The first kappa shape index (κ1) is 14.7. The van der Waals surface area contributed by atoms with Crippen LogP contribution in [0.25, 0.3) is 0 Å². The van der Waals surface area contributed by atoms with E-state index in [2.05, 4.69) is 18.9 Å². The molecule has 0 aromatic heterocycles. The Morgan fingerprint density at radius 3 is 0.895 bits per heavy atom. The molecule has 0 N–H and O–H groups in total. The molecule has 2 fully saturated rings. The summed E-state index contributed by atoms with van der Waals surface area (Å²) in [6.45, 7) is -3.73. The fourth-order valence-corrected chi connectivity index (χ4v) is 1.80. The summed E-state index contributed by atoms with van der Waals surface area (Å²) in [6, 6.07) is 0. The minimum absolute atomic E-state index is 1.87. The van der Waals surface area contributed by atoms with Crippen molar-refractivity contribution in [2.45, 2.75) is 24.4 Å². The highest BCUT2D eigenvalue weighted by Crippen LogP contribution is 2.68. The minimum Gasteiger partial charge on any atom is -0.292 e. The molecule has 0 amide bonds. The number of hydrogen-bond donors (Lipinski definition) is 0. The first-order chi connectivity index (χ1) is 8.41. The smallest absolute Gasteiger partial charge is 0.292 e. The molecule has 0 bridgehead atoms. The van der Waals surface area contributed by atoms with Crippen molar-refractivity contribution in [3.63, 3.8) is 0 Å². The summed E-state index contributed by atoms with van der Waals surface area (Å²) >= 11 is 0. The van der Waals surface area contributed by atoms with Gasteiger partial charge >= 0.3 is 29.8 Å². The van der Waals surface area contributed by atoms with Gasteiger partial charge in [0.15, 0.2) is 13.6 Å². The lowest BCUT2D eigenvalue weighted by Crippen LogP contribution is -2.78. The molecule has 0 radical (unpaired) electrons. The van der Waals surface area contributed by atoms with Crippen molar-refractivity contribution in [3.05, 3.63) is 0 Å². The Morgan fingerprint density at radius 2 is 0.684 bits per heavy atom. The zero-order chi connectivity index (χ0) is 14.7. The van der Waals surface area contributed by atoms with Gasteiger partial charge in [0, 0.05) is 0 Å². The van der Waals surface area contributed by atoms with E-state index >= 15 is 0 Å². The largest absolute Gasteiger partial charge is 0.389 e. The van der Waals surface area contributed by atoms with Crippen LogP contribution in [0.3, 0.4) is 0 Å². The van der Waals surface area contributed by atoms with E-state index in [1.54, 1.807) is 0 Å². The van der Waals surface area contributed by atoms with Crippen LogP contribution in [-0.2, 0) is 18.9 Å². The zero-order valence-electron chi connectivity index (χ0n) is 8.57. The number of rotatable bonds is 0. The molecular weight excluding hydrogens is 300 g/mol. The molecule has 0 aromatic carbocycles. The van der Waals surface area contributed by atoms with Crippen LogP contribution in [0, 0.1) is 5.41 Å².